The summed E-state index contributed by atoms with van der Waals surface area (Å²) in [6.07, 6.45) is 4.98. The summed E-state index contributed by atoms with van der Waals surface area (Å²) in [7, 11) is 1.94. The number of benzene rings is 2. The van der Waals surface area contributed by atoms with Crippen LogP contribution in [0, 0.1) is 5.82 Å². The molecule has 0 aliphatic heterocycles. The summed E-state index contributed by atoms with van der Waals surface area (Å²) < 4.78 is 23.1. The topological polar surface area (TPSA) is 111 Å². The first-order chi connectivity index (χ1) is 22.3. The molecule has 0 aliphatic rings. The number of nitrogens with one attached hydrogen (secondary N) is 1. The molecule has 1 N–H and O–H groups in total. The second-order valence-electron chi connectivity index (χ2n) is 11.0. The van der Waals surface area contributed by atoms with E-state index in [1.165, 1.54) is 16.7 Å². The standard InChI is InChI=1S/C35H37FN6O4/c1-4-10-31(43)38-27-16-14-24(15-17-27)32-30(23-40(3)20-18-26-12-8-9-19-37-26)42-33(44)28(34(45)46-5-2)22-41(35(42)39-32)21-25-11-6-7-13-29(25)36/h6-9,11-17,19,22H,4-5,10,18,20-21,23H2,1-3H3,(H,38,43). The molecule has 0 unspecified atom stereocenters. The van der Waals surface area contributed by atoms with E-state index in [1.54, 1.807) is 48.0 Å². The normalized spacial score (nSPS) is 11.2. The number of nitrogens with zero attached hydrogens (tertiary/aromatic N) is 5. The second-order valence-corrected chi connectivity index (χ2v) is 11.0. The van der Waals surface area contributed by atoms with Crippen molar-refractivity contribution in [3.63, 3.8) is 0 Å². The minimum atomic E-state index is -0.770. The first-order valence-corrected chi connectivity index (χ1v) is 15.3. The molecular formula is C35H37FN6O4. The zero-order valence-electron chi connectivity index (χ0n) is 26.2. The zero-order chi connectivity index (χ0) is 32.6. The Kier molecular flexibility index (Phi) is 10.3. The van der Waals surface area contributed by atoms with Crippen LogP contribution in [-0.4, -0.2) is 55.9 Å². The Labute approximate surface area is 266 Å². The fourth-order valence-electron chi connectivity index (χ4n) is 5.24. The van der Waals surface area contributed by atoms with E-state index in [9.17, 15) is 18.8 Å². The SMILES string of the molecule is CCCC(=O)Nc1ccc(-c2nc3n(Cc4ccccc4F)cc(C(=O)OCC)c(=O)n3c2CN(C)CCc2ccccn2)cc1. The number of pyridine rings is 1. The summed E-state index contributed by atoms with van der Waals surface area (Å²) >= 11 is 0. The predicted octanol–water partition coefficient (Wildman–Crippen LogP) is 5.34. The Morgan fingerprint density at radius 2 is 1.78 bits per heavy atom. The molecule has 46 heavy (non-hydrogen) atoms. The molecule has 0 radical (unpaired) electrons. The van der Waals surface area contributed by atoms with Gasteiger partial charge in [0.1, 0.15) is 11.4 Å². The van der Waals surface area contributed by atoms with Crippen LogP contribution < -0.4 is 10.9 Å². The molecule has 1 amide bonds. The van der Waals surface area contributed by atoms with Gasteiger partial charge in [-0.15, -0.1) is 0 Å². The monoisotopic (exact) mass is 624 g/mol. The summed E-state index contributed by atoms with van der Waals surface area (Å²) in [5.41, 5.74) is 2.98. The van der Waals surface area contributed by atoms with E-state index in [-0.39, 0.29) is 30.4 Å². The number of fused-ring (bicyclic) bond motifs is 1. The smallest absolute Gasteiger partial charge is 0.345 e. The van der Waals surface area contributed by atoms with E-state index in [1.807, 2.05) is 44.3 Å². The van der Waals surface area contributed by atoms with E-state index in [0.717, 1.165) is 12.1 Å². The summed E-state index contributed by atoms with van der Waals surface area (Å²) in [5, 5.41) is 2.89. The fourth-order valence-corrected chi connectivity index (χ4v) is 5.24. The maximum absolute atomic E-state index is 14.8. The van der Waals surface area contributed by atoms with Crippen LogP contribution >= 0.6 is 0 Å². The van der Waals surface area contributed by atoms with E-state index < -0.39 is 17.3 Å². The third-order valence-corrected chi connectivity index (χ3v) is 7.54. The third-order valence-electron chi connectivity index (χ3n) is 7.54. The molecule has 0 spiro atoms. The van der Waals surface area contributed by atoms with Crippen molar-refractivity contribution < 1.29 is 18.7 Å². The van der Waals surface area contributed by atoms with Crippen molar-refractivity contribution >= 4 is 23.3 Å². The molecule has 3 aromatic heterocycles. The first kappa shape index (κ1) is 32.2. The maximum atomic E-state index is 14.8. The number of hydrogen-bond acceptors (Lipinski definition) is 7. The average molecular weight is 625 g/mol. The second kappa shape index (κ2) is 14.7. The maximum Gasteiger partial charge on any atom is 0.345 e. The van der Waals surface area contributed by atoms with Gasteiger partial charge in [-0.2, -0.15) is 0 Å². The Bertz CT molecular complexity index is 1890. The minimum Gasteiger partial charge on any atom is -0.462 e. The molecule has 0 atom stereocenters. The highest BCUT2D eigenvalue weighted by Crippen LogP contribution is 2.27. The molecule has 3 heterocycles. The van der Waals surface area contributed by atoms with E-state index in [4.69, 9.17) is 9.72 Å². The van der Waals surface area contributed by atoms with Crippen molar-refractivity contribution in [2.45, 2.75) is 46.2 Å². The number of hydrogen-bond donors (Lipinski definition) is 1. The van der Waals surface area contributed by atoms with Gasteiger partial charge in [0.05, 0.1) is 24.5 Å². The van der Waals surface area contributed by atoms with Gasteiger partial charge in [0.25, 0.3) is 5.56 Å². The summed E-state index contributed by atoms with van der Waals surface area (Å²) in [6, 6.07) is 19.3. The van der Waals surface area contributed by atoms with Crippen molar-refractivity contribution in [2.75, 3.05) is 25.5 Å². The molecule has 2 aromatic carbocycles. The number of likely N-dealkylation sites (N-methyl/N-ethyl adjacent to an activating group) is 1. The van der Waals surface area contributed by atoms with Crippen LogP contribution in [0.2, 0.25) is 0 Å². The van der Waals surface area contributed by atoms with Crippen LogP contribution in [0.15, 0.2) is 83.9 Å². The summed E-state index contributed by atoms with van der Waals surface area (Å²) in [4.78, 5) is 50.6. The number of rotatable bonds is 13. The van der Waals surface area contributed by atoms with Crippen LogP contribution in [0.4, 0.5) is 10.1 Å². The molecule has 11 heteroatoms. The number of carbonyl (C=O) groups excluding carboxylic acids is 2. The highest BCUT2D eigenvalue weighted by molar-refractivity contribution is 5.91. The molecule has 0 aliphatic carbocycles. The van der Waals surface area contributed by atoms with Gasteiger partial charge >= 0.3 is 5.97 Å². The molecule has 0 saturated heterocycles. The van der Waals surface area contributed by atoms with Gasteiger partial charge in [0.15, 0.2) is 0 Å². The highest BCUT2D eigenvalue weighted by Gasteiger charge is 2.25. The molecule has 0 saturated carbocycles. The van der Waals surface area contributed by atoms with Crippen LogP contribution in [-0.2, 0) is 29.0 Å². The number of ether oxygens (including phenoxy) is 1. The van der Waals surface area contributed by atoms with Gasteiger partial charge in [-0.1, -0.05) is 43.3 Å². The van der Waals surface area contributed by atoms with Gasteiger partial charge < -0.3 is 19.5 Å². The molecule has 5 aromatic rings. The molecule has 5 rings (SSSR count). The lowest BCUT2D eigenvalue weighted by molar-refractivity contribution is -0.116. The Hall–Kier alpha value is -5.16. The van der Waals surface area contributed by atoms with Crippen molar-refractivity contribution in [3.8, 4) is 11.3 Å². The van der Waals surface area contributed by atoms with Crippen molar-refractivity contribution in [1.82, 2.24) is 23.8 Å². The number of aromatic nitrogens is 4. The predicted molar refractivity (Wildman–Crippen MR) is 174 cm³/mol. The van der Waals surface area contributed by atoms with Crippen LogP contribution in [0.3, 0.4) is 0 Å². The van der Waals surface area contributed by atoms with Crippen LogP contribution in [0.25, 0.3) is 17.0 Å². The molecule has 10 nitrogen and oxygen atoms in total. The number of amides is 1. The number of anilines is 1. The minimum absolute atomic E-state index is 0.0245. The quantitative estimate of drug-likeness (QED) is 0.176. The Morgan fingerprint density at radius 1 is 1.02 bits per heavy atom. The van der Waals surface area contributed by atoms with Crippen molar-refractivity contribution in [1.29, 1.82) is 0 Å². The van der Waals surface area contributed by atoms with Crippen molar-refractivity contribution in [2.24, 2.45) is 0 Å². The van der Waals surface area contributed by atoms with Crippen molar-refractivity contribution in [3.05, 3.63) is 118 Å². The van der Waals surface area contributed by atoms with E-state index >= 15 is 0 Å². The lowest BCUT2D eigenvalue weighted by Gasteiger charge is -2.18. The van der Waals surface area contributed by atoms with Crippen LogP contribution in [0.5, 0.6) is 0 Å². The lowest BCUT2D eigenvalue weighted by Crippen LogP contribution is -2.30. The average Bonchev–Trinajstić information content (AvgIpc) is 3.43. The summed E-state index contributed by atoms with van der Waals surface area (Å²) in [5.74, 6) is -1.01. The zero-order valence-corrected chi connectivity index (χ0v) is 26.2. The molecule has 0 bridgehead atoms. The molecule has 238 valence electrons. The largest absolute Gasteiger partial charge is 0.462 e. The summed E-state index contributed by atoms with van der Waals surface area (Å²) in [6.45, 7) is 4.66. The number of imidazole rings is 1. The van der Waals surface area contributed by atoms with Gasteiger partial charge in [0, 0.05) is 60.8 Å². The molecule has 0 fully saturated rings. The van der Waals surface area contributed by atoms with Gasteiger partial charge in [-0.3, -0.25) is 14.6 Å². The van der Waals surface area contributed by atoms with Gasteiger partial charge in [0.2, 0.25) is 11.7 Å². The van der Waals surface area contributed by atoms with Gasteiger partial charge in [-0.05, 0) is 50.7 Å². The Balaban J connectivity index is 1.64. The van der Waals surface area contributed by atoms with Gasteiger partial charge in [-0.25, -0.2) is 18.6 Å². The third kappa shape index (κ3) is 7.37. The van der Waals surface area contributed by atoms with Crippen LogP contribution in [0.1, 0.15) is 54.0 Å². The molecular weight excluding hydrogens is 587 g/mol. The van der Waals surface area contributed by atoms with E-state index in [0.29, 0.717) is 54.1 Å². The highest BCUT2D eigenvalue weighted by atomic mass is 19.1. The lowest BCUT2D eigenvalue weighted by atomic mass is 10.1. The number of carbonyl (C=O) groups is 2. The van der Waals surface area contributed by atoms with E-state index in [2.05, 4.69) is 15.2 Å². The number of esters is 1. The number of halogens is 1. The Morgan fingerprint density at radius 3 is 2.48 bits per heavy atom. The first-order valence-electron chi connectivity index (χ1n) is 15.3. The fraction of sp³-hybridized carbons (Fsp3) is 0.286.